The van der Waals surface area contributed by atoms with Crippen LogP contribution in [0.15, 0.2) is 72.8 Å². The molecule has 3 aromatic rings. The van der Waals surface area contributed by atoms with Gasteiger partial charge in [0.15, 0.2) is 6.10 Å². The van der Waals surface area contributed by atoms with Gasteiger partial charge < -0.3 is 14.8 Å². The van der Waals surface area contributed by atoms with E-state index in [1.54, 1.807) is 19.2 Å². The highest BCUT2D eigenvalue weighted by Gasteiger charge is 2.83. The van der Waals surface area contributed by atoms with Crippen molar-refractivity contribution >= 4 is 11.6 Å². The predicted octanol–water partition coefficient (Wildman–Crippen LogP) is 4.25. The lowest BCUT2D eigenvalue weighted by atomic mass is 9.62. The zero-order valence-corrected chi connectivity index (χ0v) is 19.7. The Hall–Kier alpha value is -3.91. The number of anilines is 1. The smallest absolute Gasteiger partial charge is 0.287 e. The first-order chi connectivity index (χ1) is 17.5. The van der Waals surface area contributed by atoms with E-state index in [2.05, 4.69) is 10.2 Å². The lowest BCUT2D eigenvalue weighted by Crippen LogP contribution is -2.59. The molecule has 0 aromatic heterocycles. The molecule has 1 amide bonds. The number of para-hydroxylation sites is 2. The van der Waals surface area contributed by atoms with E-state index in [9.17, 15) is 14.9 Å². The number of ether oxygens (including phenoxy) is 2. The molecule has 0 bridgehead atoms. The molecule has 8 nitrogen and oxygen atoms in total. The number of nitrogens with one attached hydrogen (secondary N) is 1. The Morgan fingerprint density at radius 1 is 1.08 bits per heavy atom. The van der Waals surface area contributed by atoms with Gasteiger partial charge in [0, 0.05) is 28.3 Å². The number of carbonyl (C=O) groups is 1. The highest BCUT2D eigenvalue weighted by atomic mass is 16.6. The molecule has 4 aliphatic heterocycles. The van der Waals surface area contributed by atoms with Crippen molar-refractivity contribution < 1.29 is 19.2 Å². The Kier molecular flexibility index (Phi) is 4.34. The van der Waals surface area contributed by atoms with E-state index in [1.807, 2.05) is 60.7 Å². The van der Waals surface area contributed by atoms with Crippen molar-refractivity contribution in [3.63, 3.8) is 0 Å². The van der Waals surface area contributed by atoms with Crippen LogP contribution in [-0.4, -0.2) is 41.0 Å². The molecule has 36 heavy (non-hydrogen) atoms. The molecule has 1 spiro atoms. The standard InChI is InChI=1S/C28H25N3O5/c1-35-18-14-12-17(13-15-18)25-28(31(33)34)23-11-6-16-30(23)27(20-8-3-4-9-21(20)29-26(27)32)24(28)19-7-2-5-10-22(19)36-25/h2-5,7-10,12-15,23-25H,6,11,16H2,1H3,(H,29,32)/t23?,24-,25-,27-,28-/m1/s1. The molecule has 8 heteroatoms. The third-order valence-electron chi connectivity index (χ3n) is 8.68. The average molecular weight is 484 g/mol. The SMILES string of the molecule is COc1ccc([C@H]2Oc3ccccc3[C@H]3[C@]2([N+](=O)[O-])C2CCCN2[C@@]32C(=O)Nc3ccccc32)cc1. The van der Waals surface area contributed by atoms with Gasteiger partial charge in [0.25, 0.3) is 11.4 Å². The van der Waals surface area contributed by atoms with Gasteiger partial charge >= 0.3 is 0 Å². The molecule has 0 aliphatic carbocycles. The predicted molar refractivity (Wildman–Crippen MR) is 132 cm³/mol. The van der Waals surface area contributed by atoms with Crippen molar-refractivity contribution in [3.05, 3.63) is 99.6 Å². The zero-order valence-electron chi connectivity index (χ0n) is 19.7. The second-order valence-corrected chi connectivity index (χ2v) is 10.0. The molecule has 2 fully saturated rings. The van der Waals surface area contributed by atoms with Crippen LogP contribution in [0.25, 0.3) is 0 Å². The third kappa shape index (κ3) is 2.35. The summed E-state index contributed by atoms with van der Waals surface area (Å²) in [6.45, 7) is 0.607. The fraction of sp³-hybridized carbons (Fsp3) is 0.321. The quantitative estimate of drug-likeness (QED) is 0.442. The zero-order chi connectivity index (χ0) is 24.7. The number of rotatable bonds is 3. The summed E-state index contributed by atoms with van der Waals surface area (Å²) in [5, 5.41) is 16.6. The summed E-state index contributed by atoms with van der Waals surface area (Å²) in [4.78, 5) is 29.6. The van der Waals surface area contributed by atoms with E-state index in [4.69, 9.17) is 9.47 Å². The van der Waals surface area contributed by atoms with Crippen LogP contribution in [0, 0.1) is 10.1 Å². The van der Waals surface area contributed by atoms with Crippen molar-refractivity contribution in [3.8, 4) is 11.5 Å². The number of benzene rings is 3. The van der Waals surface area contributed by atoms with Gasteiger partial charge in [-0.25, -0.2) is 0 Å². The van der Waals surface area contributed by atoms with E-state index in [0.717, 1.165) is 17.7 Å². The van der Waals surface area contributed by atoms with E-state index in [1.165, 1.54) is 0 Å². The minimum Gasteiger partial charge on any atom is -0.497 e. The molecular weight excluding hydrogens is 458 g/mol. The minimum absolute atomic E-state index is 0.144. The largest absolute Gasteiger partial charge is 0.497 e. The second-order valence-electron chi connectivity index (χ2n) is 10.0. The molecule has 7 rings (SSSR count). The second kappa shape index (κ2) is 7.30. The van der Waals surface area contributed by atoms with Crippen LogP contribution in [0.5, 0.6) is 11.5 Å². The van der Waals surface area contributed by atoms with E-state index in [-0.39, 0.29) is 10.8 Å². The fourth-order valence-corrected chi connectivity index (χ4v) is 7.48. The van der Waals surface area contributed by atoms with Crippen LogP contribution in [0.4, 0.5) is 5.69 Å². The lowest BCUT2D eigenvalue weighted by Gasteiger charge is -2.44. The Balaban J connectivity index is 1.57. The number of fused-ring (bicyclic) bond motifs is 9. The number of hydrogen-bond acceptors (Lipinski definition) is 6. The topological polar surface area (TPSA) is 93.9 Å². The number of nitrogens with zero attached hydrogens (tertiary/aromatic N) is 2. The number of carbonyl (C=O) groups excluding carboxylic acids is 1. The maximum absolute atomic E-state index is 14.1. The van der Waals surface area contributed by atoms with E-state index >= 15 is 0 Å². The van der Waals surface area contributed by atoms with Crippen molar-refractivity contribution in [1.82, 2.24) is 4.90 Å². The van der Waals surface area contributed by atoms with Crippen molar-refractivity contribution in [2.45, 2.75) is 42.0 Å². The Morgan fingerprint density at radius 2 is 1.83 bits per heavy atom. The monoisotopic (exact) mass is 483 g/mol. The third-order valence-corrected chi connectivity index (χ3v) is 8.68. The van der Waals surface area contributed by atoms with Gasteiger partial charge in [-0.05, 0) is 42.7 Å². The van der Waals surface area contributed by atoms with Crippen molar-refractivity contribution in [2.75, 3.05) is 19.0 Å². The summed E-state index contributed by atoms with van der Waals surface area (Å²) >= 11 is 0. The molecule has 1 unspecified atom stereocenters. The Bertz CT molecular complexity index is 1410. The lowest BCUT2D eigenvalue weighted by molar-refractivity contribution is -0.591. The highest BCUT2D eigenvalue weighted by Crippen LogP contribution is 2.69. The Labute approximate surface area is 208 Å². The summed E-state index contributed by atoms with van der Waals surface area (Å²) in [7, 11) is 1.59. The molecule has 2 saturated heterocycles. The summed E-state index contributed by atoms with van der Waals surface area (Å²) in [5.74, 6) is 0.301. The Morgan fingerprint density at radius 3 is 2.61 bits per heavy atom. The molecule has 3 aromatic carbocycles. The van der Waals surface area contributed by atoms with Gasteiger partial charge in [0.2, 0.25) is 0 Å². The first-order valence-electron chi connectivity index (χ1n) is 12.3. The van der Waals surface area contributed by atoms with Gasteiger partial charge in [0.1, 0.15) is 17.0 Å². The fourth-order valence-electron chi connectivity index (χ4n) is 7.48. The number of methoxy groups -OCH3 is 1. The van der Waals surface area contributed by atoms with Crippen molar-refractivity contribution in [2.24, 2.45) is 0 Å². The molecular formula is C28H25N3O5. The molecule has 1 N–H and O–H groups in total. The summed E-state index contributed by atoms with van der Waals surface area (Å²) in [6, 6.07) is 21.9. The minimum atomic E-state index is -1.58. The molecule has 4 heterocycles. The van der Waals surface area contributed by atoms with Crippen LogP contribution < -0.4 is 14.8 Å². The van der Waals surface area contributed by atoms with Crippen LogP contribution in [0.1, 0.15) is 41.6 Å². The van der Waals surface area contributed by atoms with Crippen LogP contribution in [0.3, 0.4) is 0 Å². The number of hydrogen-bond donors (Lipinski definition) is 1. The van der Waals surface area contributed by atoms with Gasteiger partial charge in [-0.2, -0.15) is 0 Å². The summed E-state index contributed by atoms with van der Waals surface area (Å²) in [6.07, 6.45) is 0.512. The van der Waals surface area contributed by atoms with Crippen LogP contribution in [-0.2, 0) is 10.3 Å². The summed E-state index contributed by atoms with van der Waals surface area (Å²) in [5.41, 5.74) is 0.157. The van der Waals surface area contributed by atoms with Gasteiger partial charge in [-0.3, -0.25) is 19.8 Å². The maximum Gasteiger partial charge on any atom is 0.287 e. The number of nitro groups is 1. The van der Waals surface area contributed by atoms with Gasteiger partial charge in [0.05, 0.1) is 19.1 Å². The van der Waals surface area contributed by atoms with Crippen molar-refractivity contribution in [1.29, 1.82) is 0 Å². The molecule has 5 atom stereocenters. The average Bonchev–Trinajstić information content (AvgIpc) is 3.57. The molecule has 0 radical (unpaired) electrons. The highest BCUT2D eigenvalue weighted by molar-refractivity contribution is 6.07. The number of amides is 1. The molecule has 182 valence electrons. The van der Waals surface area contributed by atoms with Crippen LogP contribution >= 0.6 is 0 Å². The van der Waals surface area contributed by atoms with E-state index < -0.39 is 29.1 Å². The van der Waals surface area contributed by atoms with Gasteiger partial charge in [-0.15, -0.1) is 0 Å². The first-order valence-corrected chi connectivity index (χ1v) is 12.3. The first kappa shape index (κ1) is 21.4. The van der Waals surface area contributed by atoms with Gasteiger partial charge in [-0.1, -0.05) is 48.5 Å². The molecule has 0 saturated carbocycles. The summed E-state index contributed by atoms with van der Waals surface area (Å²) < 4.78 is 11.9. The van der Waals surface area contributed by atoms with E-state index in [0.29, 0.717) is 35.6 Å². The van der Waals surface area contributed by atoms with Crippen LogP contribution in [0.2, 0.25) is 0 Å². The maximum atomic E-state index is 14.1. The normalized spacial score (nSPS) is 31.7. The molecule has 4 aliphatic rings.